The van der Waals surface area contributed by atoms with E-state index in [1.165, 1.54) is 0 Å². The Bertz CT molecular complexity index is 920. The quantitative estimate of drug-likeness (QED) is 0.459. The Kier molecular flexibility index (Phi) is 6.70. The highest BCUT2D eigenvalue weighted by molar-refractivity contribution is 5.80. The third kappa shape index (κ3) is 4.53. The molecule has 0 unspecified atom stereocenters. The number of aromatic nitrogens is 3. The number of rotatable bonds is 8. The molecule has 1 amide bonds. The fourth-order valence-electron chi connectivity index (χ4n) is 3.05. The summed E-state index contributed by atoms with van der Waals surface area (Å²) in [4.78, 5) is 12.5. The molecule has 0 aliphatic heterocycles. The normalized spacial score (nSPS) is 12.2. The van der Waals surface area contributed by atoms with E-state index in [9.17, 15) is 10.0 Å². The summed E-state index contributed by atoms with van der Waals surface area (Å²) in [5.41, 5.74) is 5.11. The summed E-state index contributed by atoms with van der Waals surface area (Å²) >= 11 is 0. The van der Waals surface area contributed by atoms with Gasteiger partial charge in [0.2, 0.25) is 0 Å². The topological polar surface area (TPSA) is 80.0 Å². The maximum Gasteiger partial charge on any atom is 0.268 e. The number of amides is 1. The van der Waals surface area contributed by atoms with Crippen LogP contribution >= 0.6 is 0 Å². The highest BCUT2D eigenvalue weighted by Crippen LogP contribution is 2.26. The third-order valence-electron chi connectivity index (χ3n) is 4.49. The molecule has 2 aromatic carbocycles. The molecule has 6 heteroatoms. The average Bonchev–Trinajstić information content (AvgIpc) is 3.16. The predicted molar refractivity (Wildman–Crippen MR) is 109 cm³/mol. The van der Waals surface area contributed by atoms with Crippen molar-refractivity contribution in [3.8, 4) is 11.3 Å². The number of hydrogen-bond donors (Lipinski definition) is 2. The lowest BCUT2D eigenvalue weighted by molar-refractivity contribution is -0.133. The minimum Gasteiger partial charge on any atom is -0.289 e. The van der Waals surface area contributed by atoms with E-state index < -0.39 is 11.9 Å². The first-order valence-corrected chi connectivity index (χ1v) is 9.39. The lowest BCUT2D eigenvalue weighted by Gasteiger charge is -2.17. The molecule has 3 aromatic rings. The van der Waals surface area contributed by atoms with E-state index in [-0.39, 0.29) is 0 Å². The molecule has 28 heavy (non-hydrogen) atoms. The number of benzene rings is 2. The second kappa shape index (κ2) is 9.62. The van der Waals surface area contributed by atoms with Crippen LogP contribution in [0.1, 0.15) is 37.1 Å². The van der Waals surface area contributed by atoms with Crippen molar-refractivity contribution in [3.05, 3.63) is 78.0 Å². The minimum atomic E-state index is -0.723. The van der Waals surface area contributed by atoms with Crippen LogP contribution < -0.4 is 5.48 Å². The van der Waals surface area contributed by atoms with Gasteiger partial charge >= 0.3 is 0 Å². The van der Waals surface area contributed by atoms with Gasteiger partial charge in [0.15, 0.2) is 0 Å². The molecule has 144 valence electrons. The van der Waals surface area contributed by atoms with Crippen LogP contribution in [0.15, 0.2) is 66.7 Å². The molecule has 0 saturated carbocycles. The lowest BCUT2D eigenvalue weighted by Crippen LogP contribution is -2.33. The zero-order valence-corrected chi connectivity index (χ0v) is 15.8. The van der Waals surface area contributed by atoms with Gasteiger partial charge in [0.25, 0.3) is 5.91 Å². The van der Waals surface area contributed by atoms with Crippen molar-refractivity contribution in [2.75, 3.05) is 0 Å². The van der Waals surface area contributed by atoms with Crippen molar-refractivity contribution in [2.24, 2.45) is 0 Å². The van der Waals surface area contributed by atoms with Crippen LogP contribution in [0.5, 0.6) is 0 Å². The molecule has 0 saturated heterocycles. The second-order valence-electron chi connectivity index (χ2n) is 6.51. The van der Waals surface area contributed by atoms with Crippen LogP contribution in [-0.2, 0) is 11.2 Å². The molecule has 0 aliphatic carbocycles. The molecule has 2 N–H and O–H groups in total. The molecule has 0 spiro atoms. The van der Waals surface area contributed by atoms with Crippen molar-refractivity contribution in [3.63, 3.8) is 0 Å². The zero-order valence-electron chi connectivity index (χ0n) is 15.8. The number of hydrogen-bond acceptors (Lipinski definition) is 4. The van der Waals surface area contributed by atoms with E-state index in [0.29, 0.717) is 12.1 Å². The van der Waals surface area contributed by atoms with Gasteiger partial charge in [0.05, 0.1) is 5.69 Å². The van der Waals surface area contributed by atoms with Gasteiger partial charge in [-0.15, -0.1) is 5.10 Å². The van der Waals surface area contributed by atoms with Crippen molar-refractivity contribution >= 4 is 12.0 Å². The van der Waals surface area contributed by atoms with E-state index in [2.05, 4.69) is 23.3 Å². The fraction of sp³-hybridized carbons (Fsp3) is 0.227. The standard InChI is InChI=1S/C22H24N4O2/c1-2-3-6-15-19-21(18-13-9-5-10-14-18)23-25-26(19)20(22(27)24-28)16-17-11-7-4-8-12-17/h4-15,20,28H,2-3,16H2,1H3,(H,24,27)/b15-6+/t20-/m0/s1. The Balaban J connectivity index is 2.06. The summed E-state index contributed by atoms with van der Waals surface area (Å²) in [5, 5.41) is 17.9. The number of allylic oxidation sites excluding steroid dienone is 1. The SMILES string of the molecule is CCC/C=C/c1c(-c2ccccc2)nnn1[C@@H](Cc1ccccc1)C(=O)NO. The third-order valence-corrected chi connectivity index (χ3v) is 4.49. The van der Waals surface area contributed by atoms with Crippen molar-refractivity contribution in [2.45, 2.75) is 32.2 Å². The Morgan fingerprint density at radius 1 is 1.14 bits per heavy atom. The van der Waals surface area contributed by atoms with E-state index in [1.807, 2.05) is 66.7 Å². The molecule has 0 radical (unpaired) electrons. The summed E-state index contributed by atoms with van der Waals surface area (Å²) in [5.74, 6) is -0.529. The van der Waals surface area contributed by atoms with Crippen LogP contribution in [0.25, 0.3) is 17.3 Å². The van der Waals surface area contributed by atoms with Crippen LogP contribution in [0.3, 0.4) is 0 Å². The Labute approximate surface area is 164 Å². The second-order valence-corrected chi connectivity index (χ2v) is 6.51. The molecule has 0 bridgehead atoms. The first-order chi connectivity index (χ1) is 13.7. The lowest BCUT2D eigenvalue weighted by atomic mass is 10.0. The van der Waals surface area contributed by atoms with E-state index in [4.69, 9.17) is 0 Å². The fourth-order valence-corrected chi connectivity index (χ4v) is 3.05. The molecule has 1 heterocycles. The highest BCUT2D eigenvalue weighted by Gasteiger charge is 2.26. The Morgan fingerprint density at radius 3 is 2.46 bits per heavy atom. The average molecular weight is 376 g/mol. The number of hydroxylamine groups is 1. The number of carbonyl (C=O) groups is 1. The summed E-state index contributed by atoms with van der Waals surface area (Å²) in [6.07, 6.45) is 6.32. The molecular formula is C22H24N4O2. The molecule has 0 fully saturated rings. The number of nitrogens with one attached hydrogen (secondary N) is 1. The first kappa shape index (κ1) is 19.5. The summed E-state index contributed by atoms with van der Waals surface area (Å²) in [6, 6.07) is 18.7. The van der Waals surface area contributed by atoms with Gasteiger partial charge < -0.3 is 0 Å². The molecular weight excluding hydrogens is 352 g/mol. The molecule has 3 rings (SSSR count). The van der Waals surface area contributed by atoms with E-state index in [0.717, 1.165) is 29.7 Å². The summed E-state index contributed by atoms with van der Waals surface area (Å²) in [7, 11) is 0. The van der Waals surface area contributed by atoms with Gasteiger partial charge in [-0.05, 0) is 18.1 Å². The van der Waals surface area contributed by atoms with Crippen LogP contribution in [-0.4, -0.2) is 26.1 Å². The summed E-state index contributed by atoms with van der Waals surface area (Å²) in [6.45, 7) is 2.11. The van der Waals surface area contributed by atoms with Crippen molar-refractivity contribution in [1.82, 2.24) is 20.5 Å². The maximum atomic E-state index is 12.5. The Hall–Kier alpha value is -3.25. The molecule has 0 aliphatic rings. The van der Waals surface area contributed by atoms with Gasteiger partial charge in [0, 0.05) is 12.0 Å². The predicted octanol–water partition coefficient (Wildman–Crippen LogP) is 4.05. The smallest absolute Gasteiger partial charge is 0.268 e. The van der Waals surface area contributed by atoms with Crippen molar-refractivity contribution in [1.29, 1.82) is 0 Å². The largest absolute Gasteiger partial charge is 0.289 e. The Morgan fingerprint density at radius 2 is 1.82 bits per heavy atom. The molecule has 6 nitrogen and oxygen atoms in total. The van der Waals surface area contributed by atoms with E-state index in [1.54, 1.807) is 10.2 Å². The van der Waals surface area contributed by atoms with Gasteiger partial charge in [0.1, 0.15) is 11.7 Å². The highest BCUT2D eigenvalue weighted by atomic mass is 16.5. The summed E-state index contributed by atoms with van der Waals surface area (Å²) < 4.78 is 1.59. The van der Waals surface area contributed by atoms with Gasteiger partial charge in [-0.3, -0.25) is 10.0 Å². The monoisotopic (exact) mass is 376 g/mol. The van der Waals surface area contributed by atoms with Gasteiger partial charge in [-0.25, -0.2) is 10.2 Å². The number of unbranched alkanes of at least 4 members (excludes halogenated alkanes) is 1. The maximum absolute atomic E-state index is 12.5. The van der Waals surface area contributed by atoms with Crippen molar-refractivity contribution < 1.29 is 10.0 Å². The van der Waals surface area contributed by atoms with Crippen LogP contribution in [0.2, 0.25) is 0 Å². The molecule has 1 aromatic heterocycles. The van der Waals surface area contributed by atoms with Crippen LogP contribution in [0.4, 0.5) is 0 Å². The zero-order chi connectivity index (χ0) is 19.8. The number of carbonyl (C=O) groups excluding carboxylic acids is 1. The van der Waals surface area contributed by atoms with E-state index >= 15 is 0 Å². The first-order valence-electron chi connectivity index (χ1n) is 9.39. The molecule has 1 atom stereocenters. The van der Waals surface area contributed by atoms with Gasteiger partial charge in [-0.1, -0.05) is 85.3 Å². The van der Waals surface area contributed by atoms with Gasteiger partial charge in [-0.2, -0.15) is 0 Å². The van der Waals surface area contributed by atoms with Crippen LogP contribution in [0, 0.1) is 0 Å². The number of nitrogens with zero attached hydrogens (tertiary/aromatic N) is 3. The minimum absolute atomic E-state index is 0.388.